The summed E-state index contributed by atoms with van der Waals surface area (Å²) >= 11 is 0. The summed E-state index contributed by atoms with van der Waals surface area (Å²) in [5.74, 6) is -0.0118. The Morgan fingerprint density at radius 1 is 1.27 bits per heavy atom. The van der Waals surface area contributed by atoms with Gasteiger partial charge in [0.2, 0.25) is 5.91 Å². The number of anilines is 2. The van der Waals surface area contributed by atoms with Gasteiger partial charge in [0.15, 0.2) is 0 Å². The molecule has 0 aromatic heterocycles. The van der Waals surface area contributed by atoms with Crippen LogP contribution in [0.1, 0.15) is 27.2 Å². The highest BCUT2D eigenvalue weighted by atomic mass is 16.5. The third-order valence-electron chi connectivity index (χ3n) is 4.14. The van der Waals surface area contributed by atoms with E-state index in [-0.39, 0.29) is 11.4 Å². The molecule has 0 radical (unpaired) electrons. The number of nitrogens with one attached hydrogen (secondary N) is 2. The number of morpholine rings is 1. The Balaban J connectivity index is 1.98. The molecule has 122 valence electrons. The third kappa shape index (κ3) is 4.71. The Morgan fingerprint density at radius 3 is 2.64 bits per heavy atom. The second kappa shape index (κ2) is 7.61. The summed E-state index contributed by atoms with van der Waals surface area (Å²) in [6, 6.07) is 7.94. The van der Waals surface area contributed by atoms with Gasteiger partial charge in [0.25, 0.3) is 0 Å². The zero-order valence-electron chi connectivity index (χ0n) is 13.8. The maximum atomic E-state index is 12.2. The molecule has 0 atom stereocenters. The summed E-state index contributed by atoms with van der Waals surface area (Å²) in [4.78, 5) is 14.4. The van der Waals surface area contributed by atoms with Gasteiger partial charge in [-0.2, -0.15) is 0 Å². The average molecular weight is 305 g/mol. The number of ether oxygens (including phenoxy) is 1. The lowest BCUT2D eigenvalue weighted by Gasteiger charge is -2.30. The van der Waals surface area contributed by atoms with Crippen molar-refractivity contribution in [1.82, 2.24) is 5.32 Å². The van der Waals surface area contributed by atoms with Crippen LogP contribution in [-0.4, -0.2) is 44.3 Å². The molecular formula is C17H27N3O2. The van der Waals surface area contributed by atoms with E-state index in [0.717, 1.165) is 44.1 Å². The number of para-hydroxylation sites is 2. The second-order valence-corrected chi connectivity index (χ2v) is 6.26. The number of rotatable bonds is 6. The van der Waals surface area contributed by atoms with Gasteiger partial charge in [0.1, 0.15) is 0 Å². The lowest BCUT2D eigenvalue weighted by Crippen LogP contribution is -2.43. The van der Waals surface area contributed by atoms with Crippen LogP contribution in [0.4, 0.5) is 11.4 Å². The molecule has 1 amide bonds. The molecule has 1 heterocycles. The van der Waals surface area contributed by atoms with Gasteiger partial charge in [-0.15, -0.1) is 0 Å². The molecule has 22 heavy (non-hydrogen) atoms. The van der Waals surface area contributed by atoms with Gasteiger partial charge in [0, 0.05) is 18.6 Å². The molecule has 1 fully saturated rings. The Bertz CT molecular complexity index is 496. The number of carbonyl (C=O) groups excluding carboxylic acids is 1. The van der Waals surface area contributed by atoms with Crippen LogP contribution in [0, 0.1) is 0 Å². The van der Waals surface area contributed by atoms with Crippen molar-refractivity contribution in [2.24, 2.45) is 0 Å². The lowest BCUT2D eigenvalue weighted by molar-refractivity contribution is -0.115. The molecule has 2 N–H and O–H groups in total. The van der Waals surface area contributed by atoms with E-state index in [0.29, 0.717) is 6.54 Å². The summed E-state index contributed by atoms with van der Waals surface area (Å²) in [5.41, 5.74) is 1.90. The summed E-state index contributed by atoms with van der Waals surface area (Å²) in [7, 11) is 0. The van der Waals surface area contributed by atoms with Crippen LogP contribution in [-0.2, 0) is 9.53 Å². The summed E-state index contributed by atoms with van der Waals surface area (Å²) in [6.07, 6.45) is 0.977. The largest absolute Gasteiger partial charge is 0.378 e. The first-order chi connectivity index (χ1) is 10.5. The van der Waals surface area contributed by atoms with Crippen molar-refractivity contribution in [2.45, 2.75) is 32.7 Å². The van der Waals surface area contributed by atoms with E-state index in [1.165, 1.54) is 0 Å². The van der Waals surface area contributed by atoms with Gasteiger partial charge in [-0.05, 0) is 32.4 Å². The monoisotopic (exact) mass is 305 g/mol. The fourth-order valence-corrected chi connectivity index (χ4v) is 2.30. The fraction of sp³-hybridized carbons (Fsp3) is 0.588. The van der Waals surface area contributed by atoms with Crippen molar-refractivity contribution >= 4 is 17.3 Å². The fourth-order valence-electron chi connectivity index (χ4n) is 2.30. The van der Waals surface area contributed by atoms with Crippen LogP contribution in [0.2, 0.25) is 0 Å². The summed E-state index contributed by atoms with van der Waals surface area (Å²) in [6.45, 7) is 9.80. The maximum Gasteiger partial charge on any atom is 0.238 e. The van der Waals surface area contributed by atoms with Gasteiger partial charge >= 0.3 is 0 Å². The van der Waals surface area contributed by atoms with Gasteiger partial charge in [0.05, 0.1) is 31.1 Å². The first-order valence-electron chi connectivity index (χ1n) is 7.98. The highest BCUT2D eigenvalue weighted by Crippen LogP contribution is 2.26. The van der Waals surface area contributed by atoms with Crippen LogP contribution >= 0.6 is 0 Å². The molecule has 0 unspecified atom stereocenters. The zero-order chi connectivity index (χ0) is 16.0. The van der Waals surface area contributed by atoms with E-state index >= 15 is 0 Å². The van der Waals surface area contributed by atoms with Crippen LogP contribution in [0.25, 0.3) is 0 Å². The zero-order valence-corrected chi connectivity index (χ0v) is 13.8. The Kier molecular flexibility index (Phi) is 5.80. The predicted octanol–water partition coefficient (Wildman–Crippen LogP) is 2.24. The van der Waals surface area contributed by atoms with Crippen LogP contribution < -0.4 is 15.5 Å². The van der Waals surface area contributed by atoms with E-state index in [4.69, 9.17) is 4.74 Å². The van der Waals surface area contributed by atoms with E-state index < -0.39 is 0 Å². The van der Waals surface area contributed by atoms with Crippen molar-refractivity contribution < 1.29 is 9.53 Å². The molecule has 0 bridgehead atoms. The van der Waals surface area contributed by atoms with Crippen molar-refractivity contribution in [3.63, 3.8) is 0 Å². The van der Waals surface area contributed by atoms with Crippen LogP contribution in [0.5, 0.6) is 0 Å². The molecule has 5 heteroatoms. The van der Waals surface area contributed by atoms with Crippen molar-refractivity contribution in [1.29, 1.82) is 0 Å². The topological polar surface area (TPSA) is 53.6 Å². The second-order valence-electron chi connectivity index (χ2n) is 6.26. The molecular weight excluding hydrogens is 278 g/mol. The number of benzene rings is 1. The lowest BCUT2D eigenvalue weighted by atomic mass is 10.0. The number of nitrogens with zero attached hydrogens (tertiary/aromatic N) is 1. The minimum Gasteiger partial charge on any atom is -0.378 e. The summed E-state index contributed by atoms with van der Waals surface area (Å²) in [5, 5.41) is 6.30. The standard InChI is InChI=1S/C17H27N3O2/c1-4-17(2,3)18-13-16(21)19-14-7-5-6-8-15(14)20-9-11-22-12-10-20/h5-8,18H,4,9-13H2,1-3H3,(H,19,21). The SMILES string of the molecule is CCC(C)(C)NCC(=O)Nc1ccccc1N1CCOCC1. The Labute approximate surface area is 133 Å². The maximum absolute atomic E-state index is 12.2. The van der Waals surface area contributed by atoms with E-state index in [2.05, 4.69) is 36.3 Å². The van der Waals surface area contributed by atoms with Gasteiger partial charge in [-0.1, -0.05) is 19.1 Å². The minimum atomic E-state index is -0.0267. The van der Waals surface area contributed by atoms with Crippen LogP contribution in [0.3, 0.4) is 0 Å². The number of amides is 1. The molecule has 5 nitrogen and oxygen atoms in total. The molecule has 1 aliphatic heterocycles. The van der Waals surface area contributed by atoms with Crippen molar-refractivity contribution in [3.05, 3.63) is 24.3 Å². The summed E-state index contributed by atoms with van der Waals surface area (Å²) < 4.78 is 5.39. The van der Waals surface area contributed by atoms with Gasteiger partial charge in [-0.25, -0.2) is 0 Å². The van der Waals surface area contributed by atoms with Crippen LogP contribution in [0.15, 0.2) is 24.3 Å². The molecule has 1 saturated heterocycles. The minimum absolute atomic E-state index is 0.0118. The van der Waals surface area contributed by atoms with E-state index in [1.807, 2.05) is 24.3 Å². The molecule has 0 spiro atoms. The Morgan fingerprint density at radius 2 is 1.95 bits per heavy atom. The first-order valence-corrected chi connectivity index (χ1v) is 7.98. The molecule has 0 aliphatic carbocycles. The molecule has 1 aliphatic rings. The third-order valence-corrected chi connectivity index (χ3v) is 4.14. The highest BCUT2D eigenvalue weighted by Gasteiger charge is 2.18. The quantitative estimate of drug-likeness (QED) is 0.846. The van der Waals surface area contributed by atoms with E-state index in [1.54, 1.807) is 0 Å². The van der Waals surface area contributed by atoms with Crippen molar-refractivity contribution in [3.8, 4) is 0 Å². The number of hydrogen-bond donors (Lipinski definition) is 2. The Hall–Kier alpha value is -1.59. The predicted molar refractivity (Wildman–Crippen MR) is 90.5 cm³/mol. The van der Waals surface area contributed by atoms with Crippen molar-refractivity contribution in [2.75, 3.05) is 43.1 Å². The molecule has 1 aromatic carbocycles. The first kappa shape index (κ1) is 16.8. The molecule has 0 saturated carbocycles. The average Bonchev–Trinajstić information content (AvgIpc) is 2.54. The smallest absolute Gasteiger partial charge is 0.238 e. The molecule has 1 aromatic rings. The number of carbonyl (C=O) groups is 1. The highest BCUT2D eigenvalue weighted by molar-refractivity contribution is 5.95. The van der Waals surface area contributed by atoms with E-state index in [9.17, 15) is 4.79 Å². The molecule has 2 rings (SSSR count). The van der Waals surface area contributed by atoms with Gasteiger partial charge in [-0.3, -0.25) is 4.79 Å². The van der Waals surface area contributed by atoms with Gasteiger partial charge < -0.3 is 20.3 Å². The number of hydrogen-bond acceptors (Lipinski definition) is 4. The normalized spacial score (nSPS) is 15.7.